The van der Waals surface area contributed by atoms with Crippen LogP contribution in [0.3, 0.4) is 0 Å². The van der Waals surface area contributed by atoms with Gasteiger partial charge in [0, 0.05) is 30.0 Å². The minimum Gasteiger partial charge on any atom is -0.353 e. The van der Waals surface area contributed by atoms with Crippen molar-refractivity contribution >= 4 is 28.2 Å². The lowest BCUT2D eigenvalue weighted by molar-refractivity contribution is 0.604. The van der Waals surface area contributed by atoms with Crippen molar-refractivity contribution in [2.24, 2.45) is 5.92 Å². The SMILES string of the molecule is CC(C)CN(c1ncc(CCl)c2ccccc12)C1CC1. The van der Waals surface area contributed by atoms with E-state index in [0.29, 0.717) is 17.8 Å². The highest BCUT2D eigenvalue weighted by Crippen LogP contribution is 2.36. The number of alkyl halides is 1. The Morgan fingerprint density at radius 3 is 2.55 bits per heavy atom. The molecule has 3 rings (SSSR count). The van der Waals surface area contributed by atoms with E-state index >= 15 is 0 Å². The van der Waals surface area contributed by atoms with Crippen LogP contribution in [0.15, 0.2) is 30.5 Å². The summed E-state index contributed by atoms with van der Waals surface area (Å²) in [6.45, 7) is 5.61. The lowest BCUT2D eigenvalue weighted by Crippen LogP contribution is -2.30. The fourth-order valence-corrected chi connectivity index (χ4v) is 2.97. The zero-order valence-electron chi connectivity index (χ0n) is 12.1. The number of rotatable bonds is 5. The molecule has 20 heavy (non-hydrogen) atoms. The van der Waals surface area contributed by atoms with Crippen LogP contribution in [0.4, 0.5) is 5.82 Å². The highest BCUT2D eigenvalue weighted by molar-refractivity contribution is 6.18. The Kier molecular flexibility index (Phi) is 3.84. The van der Waals surface area contributed by atoms with Gasteiger partial charge in [-0.2, -0.15) is 0 Å². The molecule has 0 N–H and O–H groups in total. The van der Waals surface area contributed by atoms with Gasteiger partial charge in [0.1, 0.15) is 5.82 Å². The highest BCUT2D eigenvalue weighted by atomic mass is 35.5. The molecular formula is C17H21ClN2. The molecule has 0 saturated heterocycles. The summed E-state index contributed by atoms with van der Waals surface area (Å²) < 4.78 is 0. The van der Waals surface area contributed by atoms with Crippen LogP contribution in [0.1, 0.15) is 32.3 Å². The van der Waals surface area contributed by atoms with Gasteiger partial charge in [-0.3, -0.25) is 0 Å². The van der Waals surface area contributed by atoms with Crippen LogP contribution < -0.4 is 4.90 Å². The summed E-state index contributed by atoms with van der Waals surface area (Å²) in [6.07, 6.45) is 4.53. The van der Waals surface area contributed by atoms with E-state index in [9.17, 15) is 0 Å². The quantitative estimate of drug-likeness (QED) is 0.748. The molecule has 0 bridgehead atoms. The number of anilines is 1. The minimum absolute atomic E-state index is 0.515. The maximum absolute atomic E-state index is 6.04. The van der Waals surface area contributed by atoms with Crippen LogP contribution in [-0.2, 0) is 5.88 Å². The number of hydrogen-bond donors (Lipinski definition) is 0. The van der Waals surface area contributed by atoms with Crippen LogP contribution >= 0.6 is 11.6 Å². The van der Waals surface area contributed by atoms with Gasteiger partial charge in [-0.1, -0.05) is 38.1 Å². The van der Waals surface area contributed by atoms with Gasteiger partial charge in [-0.15, -0.1) is 11.6 Å². The normalized spacial score (nSPS) is 15.0. The topological polar surface area (TPSA) is 16.1 Å². The first kappa shape index (κ1) is 13.7. The number of nitrogens with zero attached hydrogens (tertiary/aromatic N) is 2. The summed E-state index contributed by atoms with van der Waals surface area (Å²) in [5.74, 6) is 2.29. The van der Waals surface area contributed by atoms with Gasteiger partial charge in [0.25, 0.3) is 0 Å². The van der Waals surface area contributed by atoms with E-state index in [1.165, 1.54) is 23.6 Å². The number of halogens is 1. The monoisotopic (exact) mass is 288 g/mol. The van der Waals surface area contributed by atoms with E-state index in [1.807, 2.05) is 6.20 Å². The fraction of sp³-hybridized carbons (Fsp3) is 0.471. The molecule has 106 valence electrons. The number of pyridine rings is 1. The van der Waals surface area contributed by atoms with Crippen molar-refractivity contribution in [1.29, 1.82) is 0 Å². The summed E-state index contributed by atoms with van der Waals surface area (Å²) in [5.41, 5.74) is 1.12. The molecule has 1 aliphatic rings. The summed E-state index contributed by atoms with van der Waals surface area (Å²) >= 11 is 6.04. The number of hydrogen-bond acceptors (Lipinski definition) is 2. The zero-order chi connectivity index (χ0) is 14.1. The summed E-state index contributed by atoms with van der Waals surface area (Å²) in [4.78, 5) is 7.22. The highest BCUT2D eigenvalue weighted by Gasteiger charge is 2.31. The van der Waals surface area contributed by atoms with Crippen molar-refractivity contribution in [1.82, 2.24) is 4.98 Å². The average molecular weight is 289 g/mol. The Labute approximate surface area is 125 Å². The van der Waals surface area contributed by atoms with Gasteiger partial charge in [0.2, 0.25) is 0 Å². The zero-order valence-corrected chi connectivity index (χ0v) is 12.9. The van der Waals surface area contributed by atoms with Crippen molar-refractivity contribution < 1.29 is 0 Å². The molecule has 0 amide bonds. The molecule has 2 nitrogen and oxygen atoms in total. The van der Waals surface area contributed by atoms with E-state index in [4.69, 9.17) is 16.6 Å². The molecule has 1 aliphatic carbocycles. The third kappa shape index (κ3) is 2.62. The van der Waals surface area contributed by atoms with Gasteiger partial charge in [-0.25, -0.2) is 4.98 Å². The number of aromatic nitrogens is 1. The molecule has 2 aromatic rings. The molecule has 1 heterocycles. The van der Waals surface area contributed by atoms with E-state index in [0.717, 1.165) is 17.9 Å². The number of benzene rings is 1. The minimum atomic E-state index is 0.515. The number of fused-ring (bicyclic) bond motifs is 1. The second-order valence-electron chi connectivity index (χ2n) is 6.06. The molecule has 1 fully saturated rings. The molecule has 0 atom stereocenters. The Balaban J connectivity index is 2.10. The van der Waals surface area contributed by atoms with E-state index in [-0.39, 0.29) is 0 Å². The first-order valence-electron chi connectivity index (χ1n) is 7.40. The fourth-order valence-electron chi connectivity index (χ4n) is 2.76. The first-order chi connectivity index (χ1) is 9.70. The van der Waals surface area contributed by atoms with Crippen LogP contribution in [0.25, 0.3) is 10.8 Å². The molecular weight excluding hydrogens is 268 g/mol. The van der Waals surface area contributed by atoms with Crippen molar-refractivity contribution in [3.8, 4) is 0 Å². The summed E-state index contributed by atoms with van der Waals surface area (Å²) in [5, 5.41) is 2.47. The molecule has 1 aromatic carbocycles. The molecule has 3 heteroatoms. The lowest BCUT2D eigenvalue weighted by Gasteiger charge is -2.27. The van der Waals surface area contributed by atoms with Gasteiger partial charge in [0.05, 0.1) is 0 Å². The van der Waals surface area contributed by atoms with E-state index < -0.39 is 0 Å². The standard InChI is InChI=1S/C17H21ClN2/c1-12(2)11-20(14-7-8-14)17-16-6-4-3-5-15(16)13(9-18)10-19-17/h3-6,10,12,14H,7-9,11H2,1-2H3. The average Bonchev–Trinajstić information content (AvgIpc) is 3.28. The van der Waals surface area contributed by atoms with Gasteiger partial charge >= 0.3 is 0 Å². The Morgan fingerprint density at radius 1 is 1.25 bits per heavy atom. The lowest BCUT2D eigenvalue weighted by atomic mass is 10.1. The Morgan fingerprint density at radius 2 is 1.95 bits per heavy atom. The molecule has 1 aromatic heterocycles. The summed E-state index contributed by atoms with van der Waals surface area (Å²) in [7, 11) is 0. The second kappa shape index (κ2) is 5.61. The third-order valence-corrected chi connectivity index (χ3v) is 4.11. The first-order valence-corrected chi connectivity index (χ1v) is 7.93. The molecule has 1 saturated carbocycles. The van der Waals surface area contributed by atoms with Gasteiger partial charge < -0.3 is 4.90 Å². The van der Waals surface area contributed by atoms with Crippen LogP contribution in [0, 0.1) is 5.92 Å². The van der Waals surface area contributed by atoms with E-state index in [2.05, 4.69) is 43.0 Å². The van der Waals surface area contributed by atoms with Gasteiger partial charge in [0.15, 0.2) is 0 Å². The van der Waals surface area contributed by atoms with Crippen LogP contribution in [0.5, 0.6) is 0 Å². The smallest absolute Gasteiger partial charge is 0.136 e. The predicted octanol–water partition coefficient (Wildman–Crippen LogP) is 4.60. The molecule has 0 aliphatic heterocycles. The maximum Gasteiger partial charge on any atom is 0.136 e. The van der Waals surface area contributed by atoms with Crippen LogP contribution in [0.2, 0.25) is 0 Å². The van der Waals surface area contributed by atoms with Gasteiger partial charge in [-0.05, 0) is 29.7 Å². The van der Waals surface area contributed by atoms with Crippen molar-refractivity contribution in [3.63, 3.8) is 0 Å². The van der Waals surface area contributed by atoms with E-state index in [1.54, 1.807) is 0 Å². The van der Waals surface area contributed by atoms with Crippen LogP contribution in [-0.4, -0.2) is 17.6 Å². The van der Waals surface area contributed by atoms with Crippen molar-refractivity contribution in [2.75, 3.05) is 11.4 Å². The molecule has 0 unspecified atom stereocenters. The largest absolute Gasteiger partial charge is 0.353 e. The maximum atomic E-state index is 6.04. The van der Waals surface area contributed by atoms with Crippen molar-refractivity contribution in [3.05, 3.63) is 36.0 Å². The molecule has 0 radical (unpaired) electrons. The van der Waals surface area contributed by atoms with Crippen molar-refractivity contribution in [2.45, 2.75) is 38.6 Å². The Hall–Kier alpha value is -1.28. The molecule has 0 spiro atoms. The predicted molar refractivity (Wildman–Crippen MR) is 86.5 cm³/mol. The second-order valence-corrected chi connectivity index (χ2v) is 6.33. The summed E-state index contributed by atoms with van der Waals surface area (Å²) in [6, 6.07) is 9.16. The third-order valence-electron chi connectivity index (χ3n) is 3.82. The Bertz CT molecular complexity index is 605.